The Bertz CT molecular complexity index is 977. The zero-order chi connectivity index (χ0) is 20.3. The first-order chi connectivity index (χ1) is 13.2. The van der Waals surface area contributed by atoms with Crippen LogP contribution in [-0.4, -0.2) is 46.8 Å². The Labute approximate surface area is 164 Å². The maximum atomic E-state index is 14.1. The minimum atomic E-state index is -2.71. The Balaban J connectivity index is 1.47. The number of alkyl halides is 2. The van der Waals surface area contributed by atoms with Crippen LogP contribution < -0.4 is 5.32 Å². The van der Waals surface area contributed by atoms with Gasteiger partial charge < -0.3 is 15.2 Å². The molecule has 2 heterocycles. The highest BCUT2D eigenvalue weighted by atomic mass is 35.5. The number of aromatic nitrogens is 1. The van der Waals surface area contributed by atoms with Gasteiger partial charge in [0.05, 0.1) is 10.4 Å². The Hall–Kier alpha value is -2.22. The van der Waals surface area contributed by atoms with Crippen molar-refractivity contribution in [2.75, 3.05) is 13.1 Å². The molecule has 2 N–H and O–H groups in total. The van der Waals surface area contributed by atoms with E-state index in [1.54, 1.807) is 13.0 Å². The van der Waals surface area contributed by atoms with Gasteiger partial charge in [-0.3, -0.25) is 9.59 Å². The lowest BCUT2D eigenvalue weighted by atomic mass is 10.1. The lowest BCUT2D eigenvalue weighted by Crippen LogP contribution is -2.47. The van der Waals surface area contributed by atoms with E-state index in [9.17, 15) is 22.8 Å². The summed E-state index contributed by atoms with van der Waals surface area (Å²) in [6.45, 7) is 2.00. The van der Waals surface area contributed by atoms with Crippen LogP contribution in [0.15, 0.2) is 18.2 Å². The molecular weight excluding hydrogens is 395 g/mol. The van der Waals surface area contributed by atoms with Crippen LogP contribution in [0.1, 0.15) is 36.7 Å². The molecule has 1 saturated carbocycles. The molecule has 28 heavy (non-hydrogen) atoms. The topological polar surface area (TPSA) is 65.2 Å². The van der Waals surface area contributed by atoms with Crippen molar-refractivity contribution >= 4 is 34.3 Å². The number of aromatic amines is 1. The first-order valence-corrected chi connectivity index (χ1v) is 9.49. The summed E-state index contributed by atoms with van der Waals surface area (Å²) in [5, 5.41) is 2.74. The number of fused-ring (bicyclic) bond motifs is 1. The van der Waals surface area contributed by atoms with Crippen LogP contribution in [0, 0.1) is 11.2 Å². The van der Waals surface area contributed by atoms with E-state index in [0.29, 0.717) is 11.9 Å². The fourth-order valence-electron chi connectivity index (χ4n) is 3.94. The van der Waals surface area contributed by atoms with Gasteiger partial charge in [-0.05, 0) is 31.0 Å². The van der Waals surface area contributed by atoms with Gasteiger partial charge in [-0.2, -0.15) is 0 Å². The second-order valence-electron chi connectivity index (χ2n) is 7.61. The van der Waals surface area contributed by atoms with E-state index in [4.69, 9.17) is 11.6 Å². The lowest BCUT2D eigenvalue weighted by Gasteiger charge is -2.23. The smallest absolute Gasteiger partial charge is 0.268 e. The SMILES string of the molecule is CC[C@H](NC(=O)c1cc2c(F)c(Cl)ccc2[nH]1)C(=O)N1CC[C@@]2(C1)CC2(F)F. The van der Waals surface area contributed by atoms with Crippen LogP contribution in [-0.2, 0) is 4.79 Å². The predicted molar refractivity (Wildman–Crippen MR) is 98.0 cm³/mol. The van der Waals surface area contributed by atoms with Crippen molar-refractivity contribution in [3.05, 3.63) is 34.7 Å². The molecule has 2 aliphatic rings. The number of benzene rings is 1. The van der Waals surface area contributed by atoms with Gasteiger partial charge in [0.25, 0.3) is 11.8 Å². The first kappa shape index (κ1) is 19.1. The number of carbonyl (C=O) groups excluding carboxylic acids is 2. The van der Waals surface area contributed by atoms with Crippen LogP contribution in [0.2, 0.25) is 5.02 Å². The number of likely N-dealkylation sites (tertiary alicyclic amines) is 1. The molecule has 1 aromatic heterocycles. The number of hydrogen-bond acceptors (Lipinski definition) is 2. The number of H-pyrrole nitrogens is 1. The second-order valence-corrected chi connectivity index (χ2v) is 8.02. The molecule has 1 spiro atoms. The Kier molecular flexibility index (Phi) is 4.37. The summed E-state index contributed by atoms with van der Waals surface area (Å²) >= 11 is 5.75. The Morgan fingerprint density at radius 3 is 2.71 bits per heavy atom. The van der Waals surface area contributed by atoms with Crippen molar-refractivity contribution in [1.82, 2.24) is 15.2 Å². The monoisotopic (exact) mass is 413 g/mol. The van der Waals surface area contributed by atoms with E-state index in [1.165, 1.54) is 17.0 Å². The molecule has 1 saturated heterocycles. The third-order valence-electron chi connectivity index (χ3n) is 5.82. The molecule has 150 valence electrons. The number of amides is 2. The Morgan fingerprint density at radius 1 is 1.39 bits per heavy atom. The number of rotatable bonds is 4. The standard InChI is InChI=1S/C19H19ClF3N3O2/c1-2-12(17(28)26-6-5-18(9-26)8-19(18,22)23)25-16(27)14-7-10-13(24-14)4-3-11(20)15(10)21/h3-4,7,12,24H,2,5-6,8-9H2,1H3,(H,25,27)/t12-,18-/m0/s1. The van der Waals surface area contributed by atoms with Crippen LogP contribution in [0.5, 0.6) is 0 Å². The molecule has 9 heteroatoms. The molecule has 1 aromatic carbocycles. The fraction of sp³-hybridized carbons (Fsp3) is 0.474. The number of nitrogens with zero attached hydrogens (tertiary/aromatic N) is 1. The number of halogens is 4. The summed E-state index contributed by atoms with van der Waals surface area (Å²) in [6.07, 6.45) is 0.402. The van der Waals surface area contributed by atoms with Crippen molar-refractivity contribution in [1.29, 1.82) is 0 Å². The molecule has 5 nitrogen and oxygen atoms in total. The summed E-state index contributed by atoms with van der Waals surface area (Å²) < 4.78 is 41.2. The van der Waals surface area contributed by atoms with Crippen LogP contribution in [0.25, 0.3) is 10.9 Å². The summed E-state index contributed by atoms with van der Waals surface area (Å²) in [4.78, 5) is 29.5. The van der Waals surface area contributed by atoms with Gasteiger partial charge in [-0.1, -0.05) is 18.5 Å². The third kappa shape index (κ3) is 2.94. The van der Waals surface area contributed by atoms with E-state index in [-0.39, 0.29) is 47.9 Å². The highest BCUT2D eigenvalue weighted by Gasteiger charge is 2.73. The molecule has 4 rings (SSSR count). The molecule has 1 aliphatic carbocycles. The van der Waals surface area contributed by atoms with Crippen LogP contribution in [0.3, 0.4) is 0 Å². The van der Waals surface area contributed by atoms with Gasteiger partial charge in [0.2, 0.25) is 5.91 Å². The number of carbonyl (C=O) groups is 2. The number of nitrogens with one attached hydrogen (secondary N) is 2. The van der Waals surface area contributed by atoms with Gasteiger partial charge >= 0.3 is 0 Å². The van der Waals surface area contributed by atoms with Crippen molar-refractivity contribution < 1.29 is 22.8 Å². The lowest BCUT2D eigenvalue weighted by molar-refractivity contribution is -0.132. The van der Waals surface area contributed by atoms with Crippen molar-refractivity contribution in [3.63, 3.8) is 0 Å². The maximum Gasteiger partial charge on any atom is 0.268 e. The average Bonchev–Trinajstić information content (AvgIpc) is 3.05. The largest absolute Gasteiger partial charge is 0.350 e. The Morgan fingerprint density at radius 2 is 2.11 bits per heavy atom. The van der Waals surface area contributed by atoms with Crippen LogP contribution >= 0.6 is 11.6 Å². The average molecular weight is 414 g/mol. The summed E-state index contributed by atoms with van der Waals surface area (Å²) in [6, 6.07) is 3.43. The maximum absolute atomic E-state index is 14.1. The third-order valence-corrected chi connectivity index (χ3v) is 6.12. The van der Waals surface area contributed by atoms with Crippen LogP contribution in [0.4, 0.5) is 13.2 Å². The summed E-state index contributed by atoms with van der Waals surface area (Å²) in [7, 11) is 0. The summed E-state index contributed by atoms with van der Waals surface area (Å²) in [5.41, 5.74) is -0.586. The zero-order valence-corrected chi connectivity index (χ0v) is 15.9. The van der Waals surface area contributed by atoms with Gasteiger partial charge in [0.15, 0.2) is 5.82 Å². The highest BCUT2D eigenvalue weighted by Crippen LogP contribution is 2.65. The molecule has 0 unspecified atom stereocenters. The van der Waals surface area contributed by atoms with Crippen molar-refractivity contribution in [3.8, 4) is 0 Å². The second kappa shape index (κ2) is 6.40. The zero-order valence-electron chi connectivity index (χ0n) is 15.1. The van der Waals surface area contributed by atoms with Gasteiger partial charge in [0, 0.05) is 30.4 Å². The molecule has 2 fully saturated rings. The quantitative estimate of drug-likeness (QED) is 0.802. The van der Waals surface area contributed by atoms with Gasteiger partial charge in [0.1, 0.15) is 11.7 Å². The minimum Gasteiger partial charge on any atom is -0.350 e. The molecule has 0 radical (unpaired) electrons. The normalized spacial score (nSPS) is 24.0. The van der Waals surface area contributed by atoms with E-state index < -0.39 is 29.1 Å². The van der Waals surface area contributed by atoms with Crippen molar-refractivity contribution in [2.24, 2.45) is 5.41 Å². The molecule has 0 bridgehead atoms. The minimum absolute atomic E-state index is 0.0152. The van der Waals surface area contributed by atoms with Gasteiger partial charge in [-0.15, -0.1) is 0 Å². The highest BCUT2D eigenvalue weighted by molar-refractivity contribution is 6.31. The summed E-state index contributed by atoms with van der Waals surface area (Å²) in [5.74, 6) is -4.29. The fourth-order valence-corrected chi connectivity index (χ4v) is 4.11. The van der Waals surface area contributed by atoms with E-state index in [0.717, 1.165) is 0 Å². The van der Waals surface area contributed by atoms with E-state index in [1.807, 2.05) is 0 Å². The van der Waals surface area contributed by atoms with E-state index >= 15 is 0 Å². The molecule has 2 aromatic rings. The molecule has 2 amide bonds. The molecular formula is C19H19ClF3N3O2. The molecule has 1 aliphatic heterocycles. The number of hydrogen-bond donors (Lipinski definition) is 2. The van der Waals surface area contributed by atoms with Crippen molar-refractivity contribution in [2.45, 2.75) is 38.2 Å². The van der Waals surface area contributed by atoms with E-state index in [2.05, 4.69) is 10.3 Å². The molecule has 2 atom stereocenters. The first-order valence-electron chi connectivity index (χ1n) is 9.12. The predicted octanol–water partition coefficient (Wildman–Crippen LogP) is 3.73. The van der Waals surface area contributed by atoms with Gasteiger partial charge in [-0.25, -0.2) is 13.2 Å².